The average molecular weight is 213 g/mol. The summed E-state index contributed by atoms with van der Waals surface area (Å²) in [5, 5.41) is 11.0. The zero-order chi connectivity index (χ0) is 11.1. The molecule has 0 saturated carbocycles. The first-order valence-electron chi connectivity index (χ1n) is 4.71. The fraction of sp³-hybridized carbons (Fsp3) is 0.556. The number of imidazole rings is 1. The highest BCUT2D eigenvalue weighted by molar-refractivity contribution is 5.67. The summed E-state index contributed by atoms with van der Waals surface area (Å²) < 4.78 is 6.50. The van der Waals surface area contributed by atoms with Crippen LogP contribution in [0.25, 0.3) is 0 Å². The van der Waals surface area contributed by atoms with Crippen molar-refractivity contribution in [2.75, 3.05) is 19.8 Å². The van der Waals surface area contributed by atoms with Crippen molar-refractivity contribution in [1.82, 2.24) is 14.9 Å². The molecule has 15 heavy (non-hydrogen) atoms. The fourth-order valence-corrected chi connectivity index (χ4v) is 1.10. The van der Waals surface area contributed by atoms with E-state index in [1.54, 1.807) is 6.20 Å². The van der Waals surface area contributed by atoms with Gasteiger partial charge in [-0.2, -0.15) is 0 Å². The van der Waals surface area contributed by atoms with Crippen molar-refractivity contribution in [3.05, 3.63) is 18.2 Å². The van der Waals surface area contributed by atoms with Gasteiger partial charge in [0.05, 0.1) is 6.61 Å². The molecule has 2 N–H and O–H groups in total. The number of hydrogen-bond acceptors (Lipinski definition) is 4. The number of ether oxygens (including phenoxy) is 1. The molecule has 1 heterocycles. The molecule has 0 aliphatic rings. The molecule has 0 radical (unpaired) electrons. The van der Waals surface area contributed by atoms with Gasteiger partial charge in [-0.1, -0.05) is 0 Å². The molecule has 0 atom stereocenters. The van der Waals surface area contributed by atoms with Crippen LogP contribution in [0.2, 0.25) is 0 Å². The summed E-state index contributed by atoms with van der Waals surface area (Å²) in [6.45, 7) is 0.330. The minimum absolute atomic E-state index is 0.0221. The predicted octanol–water partition coefficient (Wildman–Crippen LogP) is -0.319. The molecule has 0 spiro atoms. The summed E-state index contributed by atoms with van der Waals surface area (Å²) in [6, 6.07) is 0. The SMILES string of the molecule is Cn1ccnc1CCNC(=O)OCCO. The summed E-state index contributed by atoms with van der Waals surface area (Å²) >= 11 is 0. The van der Waals surface area contributed by atoms with E-state index in [-0.39, 0.29) is 13.2 Å². The third-order valence-corrected chi connectivity index (χ3v) is 1.86. The Bertz CT molecular complexity index is 311. The quantitative estimate of drug-likeness (QED) is 0.703. The van der Waals surface area contributed by atoms with Gasteiger partial charge in [-0.3, -0.25) is 0 Å². The third kappa shape index (κ3) is 3.99. The molecule has 6 heteroatoms. The first-order chi connectivity index (χ1) is 7.24. The Morgan fingerprint density at radius 3 is 3.13 bits per heavy atom. The molecule has 0 aliphatic heterocycles. The van der Waals surface area contributed by atoms with Crippen LogP contribution in [-0.2, 0) is 18.2 Å². The van der Waals surface area contributed by atoms with Crippen LogP contribution in [0.3, 0.4) is 0 Å². The number of alkyl carbamates (subject to hydrolysis) is 1. The first kappa shape index (κ1) is 11.5. The molecule has 6 nitrogen and oxygen atoms in total. The molecule has 84 valence electrons. The van der Waals surface area contributed by atoms with E-state index in [4.69, 9.17) is 5.11 Å². The van der Waals surface area contributed by atoms with Crippen LogP contribution >= 0.6 is 0 Å². The lowest BCUT2D eigenvalue weighted by molar-refractivity contribution is 0.119. The predicted molar refractivity (Wildman–Crippen MR) is 53.3 cm³/mol. The van der Waals surface area contributed by atoms with Crippen molar-refractivity contribution in [1.29, 1.82) is 0 Å². The Hall–Kier alpha value is -1.56. The number of rotatable bonds is 5. The molecule has 0 saturated heterocycles. The Labute approximate surface area is 87.9 Å². The number of amides is 1. The number of aliphatic hydroxyl groups excluding tert-OH is 1. The number of carbonyl (C=O) groups is 1. The van der Waals surface area contributed by atoms with Gasteiger partial charge in [-0.15, -0.1) is 0 Å². The van der Waals surface area contributed by atoms with Gasteiger partial charge >= 0.3 is 6.09 Å². The van der Waals surface area contributed by atoms with E-state index in [1.165, 1.54) is 0 Å². The molecule has 1 aromatic heterocycles. The van der Waals surface area contributed by atoms with E-state index in [9.17, 15) is 4.79 Å². The largest absolute Gasteiger partial charge is 0.447 e. The summed E-state index contributed by atoms with van der Waals surface area (Å²) in [5.74, 6) is 0.900. The molecule has 0 aromatic carbocycles. The Morgan fingerprint density at radius 1 is 1.73 bits per heavy atom. The maximum atomic E-state index is 10.9. The van der Waals surface area contributed by atoms with Crippen molar-refractivity contribution in [2.24, 2.45) is 7.05 Å². The number of aryl methyl sites for hydroxylation is 1. The maximum absolute atomic E-state index is 10.9. The van der Waals surface area contributed by atoms with Crippen LogP contribution in [0, 0.1) is 0 Å². The van der Waals surface area contributed by atoms with Crippen molar-refractivity contribution in [3.63, 3.8) is 0 Å². The molecule has 1 amide bonds. The van der Waals surface area contributed by atoms with Gasteiger partial charge in [0.1, 0.15) is 12.4 Å². The first-order valence-corrected chi connectivity index (χ1v) is 4.71. The number of nitrogens with one attached hydrogen (secondary N) is 1. The van der Waals surface area contributed by atoms with Crippen LogP contribution in [0.5, 0.6) is 0 Å². The van der Waals surface area contributed by atoms with Gasteiger partial charge in [0, 0.05) is 32.4 Å². The summed E-state index contributed by atoms with van der Waals surface area (Å²) in [7, 11) is 1.90. The van der Waals surface area contributed by atoms with Gasteiger partial charge in [0.25, 0.3) is 0 Å². The summed E-state index contributed by atoms with van der Waals surface area (Å²) in [6.07, 6.45) is 3.69. The Balaban J connectivity index is 2.16. The Kier molecular flexibility index (Phi) is 4.62. The topological polar surface area (TPSA) is 76.4 Å². The highest BCUT2D eigenvalue weighted by atomic mass is 16.6. The molecule has 0 fully saturated rings. The molecule has 0 unspecified atom stereocenters. The fourth-order valence-electron chi connectivity index (χ4n) is 1.10. The number of carbonyl (C=O) groups excluding carboxylic acids is 1. The van der Waals surface area contributed by atoms with E-state index < -0.39 is 6.09 Å². The summed E-state index contributed by atoms with van der Waals surface area (Å²) in [5.41, 5.74) is 0. The van der Waals surface area contributed by atoms with Crippen LogP contribution < -0.4 is 5.32 Å². The lowest BCUT2D eigenvalue weighted by atomic mass is 10.4. The summed E-state index contributed by atoms with van der Waals surface area (Å²) in [4.78, 5) is 15.0. The smallest absolute Gasteiger partial charge is 0.407 e. The molecule has 0 bridgehead atoms. The molecule has 1 aromatic rings. The van der Waals surface area contributed by atoms with Gasteiger partial charge in [0.2, 0.25) is 0 Å². The van der Waals surface area contributed by atoms with Gasteiger partial charge in [-0.25, -0.2) is 9.78 Å². The average Bonchev–Trinajstić information content (AvgIpc) is 2.61. The molecular weight excluding hydrogens is 198 g/mol. The lowest BCUT2D eigenvalue weighted by Crippen LogP contribution is -2.27. The standard InChI is InChI=1S/C9H15N3O3/c1-12-5-4-10-8(12)2-3-11-9(14)15-7-6-13/h4-5,13H,2-3,6-7H2,1H3,(H,11,14). The van der Waals surface area contributed by atoms with E-state index in [0.29, 0.717) is 13.0 Å². The van der Waals surface area contributed by atoms with E-state index in [2.05, 4.69) is 15.0 Å². The van der Waals surface area contributed by atoms with Crippen molar-refractivity contribution < 1.29 is 14.6 Å². The van der Waals surface area contributed by atoms with Crippen molar-refractivity contribution in [2.45, 2.75) is 6.42 Å². The third-order valence-electron chi connectivity index (χ3n) is 1.86. The van der Waals surface area contributed by atoms with Crippen LogP contribution in [0.1, 0.15) is 5.82 Å². The zero-order valence-corrected chi connectivity index (χ0v) is 8.64. The van der Waals surface area contributed by atoms with Crippen LogP contribution in [-0.4, -0.2) is 40.5 Å². The van der Waals surface area contributed by atoms with E-state index in [0.717, 1.165) is 5.82 Å². The number of aromatic nitrogens is 2. The Morgan fingerprint density at radius 2 is 2.53 bits per heavy atom. The highest BCUT2D eigenvalue weighted by Crippen LogP contribution is 1.93. The minimum Gasteiger partial charge on any atom is -0.447 e. The minimum atomic E-state index is -0.516. The number of aliphatic hydroxyl groups is 1. The molecule has 0 aliphatic carbocycles. The zero-order valence-electron chi connectivity index (χ0n) is 8.64. The van der Waals surface area contributed by atoms with Gasteiger partial charge < -0.3 is 19.7 Å². The highest BCUT2D eigenvalue weighted by Gasteiger charge is 2.02. The van der Waals surface area contributed by atoms with E-state index >= 15 is 0 Å². The molecular formula is C9H15N3O3. The second-order valence-electron chi connectivity index (χ2n) is 2.99. The lowest BCUT2D eigenvalue weighted by Gasteiger charge is -2.05. The monoisotopic (exact) mass is 213 g/mol. The van der Waals surface area contributed by atoms with Gasteiger partial charge in [-0.05, 0) is 0 Å². The van der Waals surface area contributed by atoms with Crippen molar-refractivity contribution >= 4 is 6.09 Å². The van der Waals surface area contributed by atoms with E-state index in [1.807, 2.05) is 17.8 Å². The van der Waals surface area contributed by atoms with Crippen LogP contribution in [0.15, 0.2) is 12.4 Å². The maximum Gasteiger partial charge on any atom is 0.407 e. The molecule has 1 rings (SSSR count). The normalized spacial score (nSPS) is 10.0. The van der Waals surface area contributed by atoms with Gasteiger partial charge in [0.15, 0.2) is 0 Å². The number of nitrogens with zero attached hydrogens (tertiary/aromatic N) is 2. The van der Waals surface area contributed by atoms with Crippen molar-refractivity contribution in [3.8, 4) is 0 Å². The number of hydrogen-bond donors (Lipinski definition) is 2. The second-order valence-corrected chi connectivity index (χ2v) is 2.99. The van der Waals surface area contributed by atoms with Crippen LogP contribution in [0.4, 0.5) is 4.79 Å². The second kappa shape index (κ2) is 6.02.